The van der Waals surface area contributed by atoms with Crippen molar-refractivity contribution in [2.45, 2.75) is 44.7 Å². The van der Waals surface area contributed by atoms with Crippen LogP contribution in [0.15, 0.2) is 0 Å². The fraction of sp³-hybridized carbons (Fsp3) is 1.00. The first-order chi connectivity index (χ1) is 7.06. The van der Waals surface area contributed by atoms with Crippen LogP contribution in [0, 0.1) is 0 Å². The summed E-state index contributed by atoms with van der Waals surface area (Å²) in [5.41, 5.74) is 0. The Hall–Kier alpha value is -0.290. The molecule has 0 saturated heterocycles. The van der Waals surface area contributed by atoms with Gasteiger partial charge in [-0.1, -0.05) is 12.8 Å². The second kappa shape index (κ2) is 8.97. The average molecular weight is 227 g/mol. The van der Waals surface area contributed by atoms with Crippen molar-refractivity contribution in [1.29, 1.82) is 0 Å². The molecule has 5 heteroatoms. The first kappa shape index (κ1) is 14.7. The normalized spacial score (nSPS) is 12.0. The zero-order chi connectivity index (χ0) is 11.6. The number of rotatable bonds is 9. The Balaban J connectivity index is 2.99. The highest BCUT2D eigenvalue weighted by atomic mass is 19.4. The summed E-state index contributed by atoms with van der Waals surface area (Å²) < 4.78 is 35.2. The molecule has 0 radical (unpaired) electrons. The van der Waals surface area contributed by atoms with Crippen LogP contribution in [0.3, 0.4) is 0 Å². The minimum absolute atomic E-state index is 0.153. The first-order valence-corrected chi connectivity index (χ1v) is 5.44. The molecule has 0 aromatic rings. The number of aliphatic hydroxyl groups is 1. The molecule has 15 heavy (non-hydrogen) atoms. The molecular weight excluding hydrogens is 207 g/mol. The molecule has 0 aliphatic rings. The van der Waals surface area contributed by atoms with Gasteiger partial charge in [-0.2, -0.15) is 13.2 Å². The lowest BCUT2D eigenvalue weighted by atomic mass is 10.2. The molecule has 0 atom stereocenters. The minimum atomic E-state index is -4.02. The number of hydrogen-bond acceptors (Lipinski definition) is 2. The van der Waals surface area contributed by atoms with Crippen molar-refractivity contribution < 1.29 is 18.3 Å². The molecule has 0 fully saturated rings. The maximum Gasteiger partial charge on any atom is 0.389 e. The van der Waals surface area contributed by atoms with Crippen molar-refractivity contribution in [3.63, 3.8) is 0 Å². The summed E-state index contributed by atoms with van der Waals surface area (Å²) >= 11 is 0. The molecule has 2 N–H and O–H groups in total. The maximum atomic E-state index is 11.7. The van der Waals surface area contributed by atoms with Gasteiger partial charge in [0.2, 0.25) is 0 Å². The van der Waals surface area contributed by atoms with Gasteiger partial charge in [0.05, 0.1) is 0 Å². The Morgan fingerprint density at radius 2 is 1.47 bits per heavy atom. The van der Waals surface area contributed by atoms with E-state index in [1.807, 2.05) is 0 Å². The Kier molecular flexibility index (Phi) is 8.80. The number of aliphatic hydroxyl groups excluding tert-OH is 1. The minimum Gasteiger partial charge on any atom is -0.396 e. The van der Waals surface area contributed by atoms with Crippen LogP contribution in [0.25, 0.3) is 0 Å². The molecule has 0 heterocycles. The smallest absolute Gasteiger partial charge is 0.389 e. The van der Waals surface area contributed by atoms with Gasteiger partial charge in [0.25, 0.3) is 0 Å². The van der Waals surface area contributed by atoms with Crippen LogP contribution in [-0.4, -0.2) is 31.0 Å². The largest absolute Gasteiger partial charge is 0.396 e. The molecule has 0 spiro atoms. The molecule has 2 nitrogen and oxygen atoms in total. The van der Waals surface area contributed by atoms with E-state index in [4.69, 9.17) is 5.11 Å². The molecular formula is C10H20F3NO. The molecule has 0 unspecified atom stereocenters. The maximum absolute atomic E-state index is 11.7. The Morgan fingerprint density at radius 1 is 0.867 bits per heavy atom. The van der Waals surface area contributed by atoms with Crippen molar-refractivity contribution >= 4 is 0 Å². The third-order valence-corrected chi connectivity index (χ3v) is 2.08. The fourth-order valence-corrected chi connectivity index (χ4v) is 1.25. The van der Waals surface area contributed by atoms with Gasteiger partial charge in [-0.3, -0.25) is 0 Å². The van der Waals surface area contributed by atoms with Gasteiger partial charge < -0.3 is 10.4 Å². The van der Waals surface area contributed by atoms with E-state index in [-0.39, 0.29) is 13.0 Å². The highest BCUT2D eigenvalue weighted by molar-refractivity contribution is 4.54. The SMILES string of the molecule is OCCCCCCNCCCC(F)(F)F. The third-order valence-electron chi connectivity index (χ3n) is 2.08. The van der Waals surface area contributed by atoms with Crippen LogP contribution < -0.4 is 5.32 Å². The number of alkyl halides is 3. The zero-order valence-corrected chi connectivity index (χ0v) is 8.95. The summed E-state index contributed by atoms with van der Waals surface area (Å²) in [6.45, 7) is 1.42. The highest BCUT2D eigenvalue weighted by Crippen LogP contribution is 2.20. The van der Waals surface area contributed by atoms with Crippen molar-refractivity contribution in [2.75, 3.05) is 19.7 Å². The summed E-state index contributed by atoms with van der Waals surface area (Å²) in [6, 6.07) is 0. The van der Waals surface area contributed by atoms with Crippen LogP contribution in [0.5, 0.6) is 0 Å². The monoisotopic (exact) mass is 227 g/mol. The predicted octanol–water partition coefficient (Wildman–Crippen LogP) is 2.47. The summed E-state index contributed by atoms with van der Waals surface area (Å²) in [5.74, 6) is 0. The molecule has 0 saturated carbocycles. The van der Waals surface area contributed by atoms with Crippen molar-refractivity contribution in [1.82, 2.24) is 5.32 Å². The van der Waals surface area contributed by atoms with E-state index in [9.17, 15) is 13.2 Å². The molecule has 0 aliphatic carbocycles. The fourth-order valence-electron chi connectivity index (χ4n) is 1.25. The van der Waals surface area contributed by atoms with Crippen molar-refractivity contribution in [3.8, 4) is 0 Å². The first-order valence-electron chi connectivity index (χ1n) is 5.44. The van der Waals surface area contributed by atoms with Gasteiger partial charge in [0, 0.05) is 13.0 Å². The van der Waals surface area contributed by atoms with E-state index in [1.54, 1.807) is 0 Å². The van der Waals surface area contributed by atoms with E-state index >= 15 is 0 Å². The lowest BCUT2D eigenvalue weighted by molar-refractivity contribution is -0.135. The number of unbranched alkanes of at least 4 members (excludes halogenated alkanes) is 3. The lowest BCUT2D eigenvalue weighted by Crippen LogP contribution is -2.19. The van der Waals surface area contributed by atoms with Crippen LogP contribution in [0.2, 0.25) is 0 Å². The average Bonchev–Trinajstić information content (AvgIpc) is 2.14. The van der Waals surface area contributed by atoms with E-state index in [1.165, 1.54) is 0 Å². The zero-order valence-electron chi connectivity index (χ0n) is 8.95. The van der Waals surface area contributed by atoms with Crippen molar-refractivity contribution in [3.05, 3.63) is 0 Å². The Morgan fingerprint density at radius 3 is 2.07 bits per heavy atom. The molecule has 0 aromatic heterocycles. The topological polar surface area (TPSA) is 32.3 Å². The van der Waals surface area contributed by atoms with Crippen molar-refractivity contribution in [2.24, 2.45) is 0 Å². The van der Waals surface area contributed by atoms with Gasteiger partial charge >= 0.3 is 6.18 Å². The number of hydrogen-bond donors (Lipinski definition) is 2. The van der Waals surface area contributed by atoms with E-state index in [2.05, 4.69) is 5.32 Å². The van der Waals surface area contributed by atoms with Gasteiger partial charge in [-0.15, -0.1) is 0 Å². The molecule has 0 bridgehead atoms. The predicted molar refractivity (Wildman–Crippen MR) is 53.7 cm³/mol. The molecule has 0 aromatic carbocycles. The second-order valence-electron chi connectivity index (χ2n) is 3.61. The van der Waals surface area contributed by atoms with Crippen LogP contribution in [0.1, 0.15) is 38.5 Å². The Labute approximate surface area is 88.9 Å². The lowest BCUT2D eigenvalue weighted by Gasteiger charge is -2.07. The summed E-state index contributed by atoms with van der Waals surface area (Å²) in [6.07, 6.45) is -0.791. The number of halogens is 3. The standard InChI is InChI=1S/C10H20F3NO/c11-10(12,13)6-5-8-14-7-3-1-2-4-9-15/h14-15H,1-9H2. The van der Waals surface area contributed by atoms with Crippen LogP contribution in [-0.2, 0) is 0 Å². The van der Waals surface area contributed by atoms with Crippen LogP contribution in [0.4, 0.5) is 13.2 Å². The Bertz CT molecular complexity index is 139. The molecule has 92 valence electrons. The quantitative estimate of drug-likeness (QED) is 0.593. The molecule has 0 rings (SSSR count). The summed E-state index contributed by atoms with van der Waals surface area (Å²) in [5, 5.41) is 11.5. The van der Waals surface area contributed by atoms with E-state index in [0.717, 1.165) is 32.2 Å². The molecule has 0 amide bonds. The van der Waals surface area contributed by atoms with E-state index < -0.39 is 12.6 Å². The molecule has 0 aliphatic heterocycles. The summed E-state index contributed by atoms with van der Waals surface area (Å²) in [4.78, 5) is 0. The van der Waals surface area contributed by atoms with E-state index in [0.29, 0.717) is 6.54 Å². The van der Waals surface area contributed by atoms with Crippen LogP contribution >= 0.6 is 0 Å². The summed E-state index contributed by atoms with van der Waals surface area (Å²) in [7, 11) is 0. The van der Waals surface area contributed by atoms with Gasteiger partial charge in [-0.05, 0) is 32.4 Å². The second-order valence-corrected chi connectivity index (χ2v) is 3.61. The number of nitrogens with one attached hydrogen (secondary N) is 1. The highest BCUT2D eigenvalue weighted by Gasteiger charge is 2.25. The van der Waals surface area contributed by atoms with Gasteiger partial charge in [0.15, 0.2) is 0 Å². The van der Waals surface area contributed by atoms with Gasteiger partial charge in [-0.25, -0.2) is 0 Å². The van der Waals surface area contributed by atoms with Gasteiger partial charge in [0.1, 0.15) is 0 Å². The third kappa shape index (κ3) is 13.7.